The molecule has 0 saturated heterocycles. The minimum absolute atomic E-state index is 0.117. The second-order valence-electron chi connectivity index (χ2n) is 6.30. The highest BCUT2D eigenvalue weighted by Gasteiger charge is 2.33. The van der Waals surface area contributed by atoms with Gasteiger partial charge in [-0.05, 0) is 38.3 Å². The maximum Gasteiger partial charge on any atom is 0.125 e. The van der Waals surface area contributed by atoms with Crippen LogP contribution in [0.25, 0.3) is 0 Å². The summed E-state index contributed by atoms with van der Waals surface area (Å²) in [6.07, 6.45) is 4.34. The Balaban J connectivity index is 1.50. The Morgan fingerprint density at radius 2 is 2.13 bits per heavy atom. The molecule has 3 rings (SSSR count). The monoisotopic (exact) mass is 315 g/mol. The number of para-hydroxylation sites is 1. The number of rotatable bonds is 6. The maximum absolute atomic E-state index is 10.6. The van der Waals surface area contributed by atoms with Gasteiger partial charge in [0, 0.05) is 30.3 Å². The summed E-state index contributed by atoms with van der Waals surface area (Å²) in [5, 5.41) is 21.0. The van der Waals surface area contributed by atoms with Crippen molar-refractivity contribution in [2.24, 2.45) is 5.92 Å². The Morgan fingerprint density at radius 1 is 1.30 bits per heavy atom. The van der Waals surface area contributed by atoms with Gasteiger partial charge in [-0.25, -0.2) is 0 Å². The number of aliphatic hydroxyl groups excluding tert-OH is 1. The van der Waals surface area contributed by atoms with Crippen LogP contribution in [0, 0.1) is 12.8 Å². The molecule has 0 spiro atoms. The van der Waals surface area contributed by atoms with Crippen LogP contribution in [-0.2, 0) is 6.54 Å². The number of nitrogens with zero attached hydrogens (tertiary/aromatic N) is 1. The summed E-state index contributed by atoms with van der Waals surface area (Å²) in [6, 6.07) is 9.76. The summed E-state index contributed by atoms with van der Waals surface area (Å²) < 4.78 is 5.98. The number of nitrogens with one attached hydrogen (secondary N) is 2. The molecule has 3 atom stereocenters. The molecule has 5 nitrogen and oxygen atoms in total. The summed E-state index contributed by atoms with van der Waals surface area (Å²) in [5.74, 6) is 1.06. The molecule has 5 heteroatoms. The Kier molecular flexibility index (Phi) is 5.31. The van der Waals surface area contributed by atoms with E-state index in [2.05, 4.69) is 15.5 Å². The van der Waals surface area contributed by atoms with Crippen LogP contribution < -0.4 is 10.1 Å². The van der Waals surface area contributed by atoms with E-state index in [4.69, 9.17) is 4.74 Å². The Morgan fingerprint density at radius 3 is 2.87 bits per heavy atom. The van der Waals surface area contributed by atoms with Gasteiger partial charge in [-0.3, -0.25) is 5.10 Å². The lowest BCUT2D eigenvalue weighted by molar-refractivity contribution is -0.0306. The molecular weight excluding hydrogens is 290 g/mol. The Labute approximate surface area is 137 Å². The molecule has 3 N–H and O–H groups in total. The number of hydrogen-bond acceptors (Lipinski definition) is 4. The van der Waals surface area contributed by atoms with Crippen LogP contribution in [0.3, 0.4) is 0 Å². The van der Waals surface area contributed by atoms with E-state index < -0.39 is 6.10 Å². The molecule has 2 aromatic rings. The SMILES string of the molecule is Cc1[nH]ncc1CNC[C@H]1CCC[C@@H](Oc2ccccc2)[C@@H]1O. The Bertz CT molecular complexity index is 599. The first kappa shape index (κ1) is 16.0. The van der Waals surface area contributed by atoms with E-state index in [0.717, 1.165) is 43.8 Å². The average Bonchev–Trinajstić information content (AvgIpc) is 2.97. The first-order chi connectivity index (χ1) is 11.2. The number of ether oxygens (including phenoxy) is 1. The molecule has 1 saturated carbocycles. The number of aromatic amines is 1. The molecule has 0 unspecified atom stereocenters. The van der Waals surface area contributed by atoms with Crippen LogP contribution in [0.2, 0.25) is 0 Å². The number of H-pyrrole nitrogens is 1. The highest BCUT2D eigenvalue weighted by Crippen LogP contribution is 2.28. The lowest BCUT2D eigenvalue weighted by Crippen LogP contribution is -2.44. The number of hydrogen-bond donors (Lipinski definition) is 3. The zero-order valence-corrected chi connectivity index (χ0v) is 13.5. The molecule has 0 aliphatic heterocycles. The second-order valence-corrected chi connectivity index (χ2v) is 6.30. The molecule has 1 aliphatic rings. The molecular formula is C18H25N3O2. The van der Waals surface area contributed by atoms with Gasteiger partial charge in [0.2, 0.25) is 0 Å². The molecule has 1 fully saturated rings. The summed E-state index contributed by atoms with van der Waals surface area (Å²) in [6.45, 7) is 3.58. The summed E-state index contributed by atoms with van der Waals surface area (Å²) in [7, 11) is 0. The average molecular weight is 315 g/mol. The fourth-order valence-corrected chi connectivity index (χ4v) is 3.20. The molecule has 1 aromatic carbocycles. The first-order valence-corrected chi connectivity index (χ1v) is 8.33. The predicted octanol–water partition coefficient (Wildman–Crippen LogP) is 2.42. The van der Waals surface area contributed by atoms with Gasteiger partial charge in [-0.15, -0.1) is 0 Å². The van der Waals surface area contributed by atoms with Gasteiger partial charge in [-0.1, -0.05) is 18.2 Å². The van der Waals surface area contributed by atoms with Crippen molar-refractivity contribution in [1.29, 1.82) is 0 Å². The van der Waals surface area contributed by atoms with Crippen molar-refractivity contribution in [2.75, 3.05) is 6.54 Å². The van der Waals surface area contributed by atoms with Crippen molar-refractivity contribution < 1.29 is 9.84 Å². The lowest BCUT2D eigenvalue weighted by atomic mass is 9.84. The fourth-order valence-electron chi connectivity index (χ4n) is 3.20. The minimum atomic E-state index is -0.429. The molecule has 1 aromatic heterocycles. The van der Waals surface area contributed by atoms with Gasteiger partial charge in [0.1, 0.15) is 11.9 Å². The summed E-state index contributed by atoms with van der Waals surface area (Å²) in [4.78, 5) is 0. The molecule has 1 aliphatic carbocycles. The van der Waals surface area contributed by atoms with Crippen LogP contribution >= 0.6 is 0 Å². The normalized spacial score (nSPS) is 24.5. The topological polar surface area (TPSA) is 70.2 Å². The van der Waals surface area contributed by atoms with Gasteiger partial charge in [-0.2, -0.15) is 5.10 Å². The highest BCUT2D eigenvalue weighted by molar-refractivity contribution is 5.21. The first-order valence-electron chi connectivity index (χ1n) is 8.33. The van der Waals surface area contributed by atoms with Crippen molar-refractivity contribution >= 4 is 0 Å². The summed E-state index contributed by atoms with van der Waals surface area (Å²) >= 11 is 0. The third-order valence-electron chi connectivity index (χ3n) is 4.61. The van der Waals surface area contributed by atoms with Crippen molar-refractivity contribution in [1.82, 2.24) is 15.5 Å². The van der Waals surface area contributed by atoms with E-state index in [9.17, 15) is 5.11 Å². The van der Waals surface area contributed by atoms with Crippen molar-refractivity contribution in [2.45, 2.75) is 44.9 Å². The number of benzene rings is 1. The van der Waals surface area contributed by atoms with Crippen molar-refractivity contribution in [3.63, 3.8) is 0 Å². The smallest absolute Gasteiger partial charge is 0.125 e. The second kappa shape index (κ2) is 7.62. The zero-order valence-electron chi connectivity index (χ0n) is 13.5. The van der Waals surface area contributed by atoms with Gasteiger partial charge in [0.05, 0.1) is 12.3 Å². The number of aliphatic hydroxyl groups is 1. The molecule has 0 bridgehead atoms. The van der Waals surface area contributed by atoms with Gasteiger partial charge >= 0.3 is 0 Å². The number of aromatic nitrogens is 2. The van der Waals surface area contributed by atoms with Gasteiger partial charge in [0.15, 0.2) is 0 Å². The Hall–Kier alpha value is -1.85. The van der Waals surface area contributed by atoms with E-state index in [1.54, 1.807) is 0 Å². The molecule has 124 valence electrons. The lowest BCUT2D eigenvalue weighted by Gasteiger charge is -2.35. The summed E-state index contributed by atoms with van der Waals surface area (Å²) in [5.41, 5.74) is 2.26. The van der Waals surface area contributed by atoms with Crippen LogP contribution in [0.4, 0.5) is 0 Å². The van der Waals surface area contributed by atoms with E-state index in [0.29, 0.717) is 0 Å². The predicted molar refractivity (Wildman–Crippen MR) is 89.2 cm³/mol. The maximum atomic E-state index is 10.6. The number of aryl methyl sites for hydroxylation is 1. The van der Waals surface area contributed by atoms with E-state index in [1.165, 1.54) is 5.56 Å². The van der Waals surface area contributed by atoms with E-state index in [-0.39, 0.29) is 12.0 Å². The fraction of sp³-hybridized carbons (Fsp3) is 0.500. The third kappa shape index (κ3) is 4.12. The van der Waals surface area contributed by atoms with Gasteiger partial charge < -0.3 is 15.2 Å². The van der Waals surface area contributed by atoms with Gasteiger partial charge in [0.25, 0.3) is 0 Å². The largest absolute Gasteiger partial charge is 0.488 e. The molecule has 23 heavy (non-hydrogen) atoms. The van der Waals surface area contributed by atoms with Crippen LogP contribution in [0.5, 0.6) is 5.75 Å². The third-order valence-corrected chi connectivity index (χ3v) is 4.61. The minimum Gasteiger partial charge on any atom is -0.488 e. The standard InChI is InChI=1S/C18H25N3O2/c1-13-15(12-20-21-13)11-19-10-14-6-5-9-17(18(14)22)23-16-7-3-2-4-8-16/h2-4,7-8,12,14,17-19,22H,5-6,9-11H2,1H3,(H,20,21)/t14-,17-,18-/m1/s1. The highest BCUT2D eigenvalue weighted by atomic mass is 16.5. The molecule has 1 heterocycles. The van der Waals surface area contributed by atoms with Crippen LogP contribution in [-0.4, -0.2) is 34.1 Å². The van der Waals surface area contributed by atoms with Crippen molar-refractivity contribution in [3.05, 3.63) is 47.8 Å². The van der Waals surface area contributed by atoms with E-state index >= 15 is 0 Å². The zero-order chi connectivity index (χ0) is 16.1. The molecule has 0 amide bonds. The van der Waals surface area contributed by atoms with Crippen molar-refractivity contribution in [3.8, 4) is 5.75 Å². The van der Waals surface area contributed by atoms with Crippen LogP contribution in [0.15, 0.2) is 36.5 Å². The van der Waals surface area contributed by atoms with Crippen LogP contribution in [0.1, 0.15) is 30.5 Å². The quantitative estimate of drug-likeness (QED) is 0.765. The molecule has 0 radical (unpaired) electrons. The van der Waals surface area contributed by atoms with E-state index in [1.807, 2.05) is 43.5 Å².